The van der Waals surface area contributed by atoms with Crippen LogP contribution in [0.15, 0.2) is 27.3 Å². The average molecular weight is 362 g/mol. The van der Waals surface area contributed by atoms with Gasteiger partial charge in [0.25, 0.3) is 0 Å². The number of rotatable bonds is 1. The lowest BCUT2D eigenvalue weighted by Crippen LogP contribution is -2.44. The van der Waals surface area contributed by atoms with Gasteiger partial charge in [0.05, 0.1) is 0 Å². The molecule has 4 unspecified atom stereocenters. The Balaban J connectivity index is 1.48. The van der Waals surface area contributed by atoms with Gasteiger partial charge in [0.2, 0.25) is 0 Å². The molecule has 0 radical (unpaired) electrons. The highest BCUT2D eigenvalue weighted by Gasteiger charge is 2.49. The molecule has 0 aromatic carbocycles. The molecule has 0 spiro atoms. The number of nitrogens with one attached hydrogen (secondary N) is 1. The first-order valence-corrected chi connectivity index (χ1v) is 10.8. The van der Waals surface area contributed by atoms with Crippen LogP contribution in [0.5, 0.6) is 0 Å². The van der Waals surface area contributed by atoms with E-state index < -0.39 is 6.85 Å². The molecule has 25 heavy (non-hydrogen) atoms. The van der Waals surface area contributed by atoms with E-state index in [-0.39, 0.29) is 6.23 Å². The normalized spacial score (nSPS) is 48.2. The van der Waals surface area contributed by atoms with Gasteiger partial charge in [-0.05, 0) is 55.4 Å². The molecule has 2 saturated heterocycles. The highest BCUT2D eigenvalue weighted by molar-refractivity contribution is 8.04. The highest BCUT2D eigenvalue weighted by Crippen LogP contribution is 2.53. The van der Waals surface area contributed by atoms with E-state index >= 15 is 0 Å². The second kappa shape index (κ2) is 6.16. The van der Waals surface area contributed by atoms with Gasteiger partial charge in [-0.1, -0.05) is 19.9 Å². The van der Waals surface area contributed by atoms with E-state index in [1.165, 1.54) is 12.0 Å². The fourth-order valence-corrected chi connectivity index (χ4v) is 7.15. The smallest absolute Gasteiger partial charge is 0.192 e. The molecular weight excluding hydrogens is 328 g/mol. The molecule has 4 aliphatic heterocycles. The zero-order valence-corrected chi connectivity index (χ0v) is 15.9. The van der Waals surface area contributed by atoms with Crippen LogP contribution in [0.3, 0.4) is 0 Å². The van der Waals surface area contributed by atoms with Gasteiger partial charge in [0.15, 0.2) is 6.23 Å². The van der Waals surface area contributed by atoms with Crippen LogP contribution in [0.25, 0.3) is 0 Å². The molecule has 0 amide bonds. The van der Waals surface area contributed by atoms with Crippen LogP contribution in [0.4, 0.5) is 0 Å². The van der Waals surface area contributed by atoms with E-state index in [0.717, 1.165) is 31.6 Å². The maximum atomic E-state index is 7.72. The molecule has 0 bridgehead atoms. The van der Waals surface area contributed by atoms with E-state index in [0.29, 0.717) is 47.1 Å². The third kappa shape index (κ3) is 2.55. The Labute approximate surface area is 160 Å². The van der Waals surface area contributed by atoms with Crippen molar-refractivity contribution < 1.29 is 8.85 Å². The number of aliphatic imine (C=N–C) groups is 1. The lowest BCUT2D eigenvalue weighted by molar-refractivity contribution is 0.127. The summed E-state index contributed by atoms with van der Waals surface area (Å²) in [5.74, 6) is 3.12. The molecule has 0 aromatic rings. The number of thioether (sulfide) groups is 1. The maximum Gasteiger partial charge on any atom is 0.192 e. The fourth-order valence-electron chi connectivity index (χ4n) is 5.65. The summed E-state index contributed by atoms with van der Waals surface area (Å²) in [4.78, 5) is 6.13. The van der Waals surface area contributed by atoms with E-state index in [1.54, 1.807) is 4.91 Å². The van der Waals surface area contributed by atoms with Crippen LogP contribution in [0.2, 0.25) is 0 Å². The van der Waals surface area contributed by atoms with Gasteiger partial charge in [-0.15, -0.1) is 11.8 Å². The summed E-state index contributed by atoms with van der Waals surface area (Å²) < 4.78 is 29.6. The summed E-state index contributed by atoms with van der Waals surface area (Å²) in [6.45, 7) is 3.57. The predicted molar refractivity (Wildman–Crippen MR) is 105 cm³/mol. The lowest BCUT2D eigenvalue weighted by atomic mass is 9.73. The molecule has 136 valence electrons. The fraction of sp³-hybridized carbons (Fsp3) is 0.762. The number of nitrogens with zero attached hydrogens (tertiary/aromatic N) is 1. The second-order valence-electron chi connectivity index (χ2n) is 8.38. The van der Waals surface area contributed by atoms with Crippen molar-refractivity contribution in [3.63, 3.8) is 0 Å². The quantitative estimate of drug-likeness (QED) is 0.746. The van der Waals surface area contributed by atoms with Gasteiger partial charge in [-0.3, -0.25) is 4.99 Å². The van der Waals surface area contributed by atoms with Crippen molar-refractivity contribution in [3.05, 3.63) is 22.3 Å². The molecule has 4 heterocycles. The van der Waals surface area contributed by atoms with E-state index in [1.807, 2.05) is 11.8 Å². The Morgan fingerprint density at radius 3 is 3.12 bits per heavy atom. The van der Waals surface area contributed by atoms with Crippen molar-refractivity contribution in [2.45, 2.75) is 70.3 Å². The predicted octanol–water partition coefficient (Wildman–Crippen LogP) is 4.51. The molecule has 3 nitrogen and oxygen atoms in total. The minimum absolute atomic E-state index is 0.287. The van der Waals surface area contributed by atoms with Gasteiger partial charge in [0.1, 0.15) is 5.76 Å². The molecule has 4 heteroatoms. The molecule has 1 N–H and O–H groups in total. The van der Waals surface area contributed by atoms with Crippen LogP contribution in [0.1, 0.15) is 56.9 Å². The molecule has 0 aromatic heterocycles. The largest absolute Gasteiger partial charge is 0.472 e. The van der Waals surface area contributed by atoms with Crippen molar-refractivity contribution in [2.24, 2.45) is 28.7 Å². The van der Waals surface area contributed by atoms with Gasteiger partial charge in [-0.2, -0.15) is 0 Å². The van der Waals surface area contributed by atoms with Crippen LogP contribution in [-0.4, -0.2) is 29.8 Å². The maximum absolute atomic E-state index is 7.72. The standard InChI is InChI=1S/C21H30N2OS/c1-11-7-8-15-14-5-4-6-16(20(14)24-21(15)23-11)19-18-12(2)13(3)25-17(18)9-10-22-19/h9,12-15,18-19,21-22H,4-8,10H2,1-3H3/t12?,13-,14+,15?,18+,19?,21?/m1/s1/i1D3. The first kappa shape index (κ1) is 13.4. The topological polar surface area (TPSA) is 33.6 Å². The lowest BCUT2D eigenvalue weighted by Gasteiger charge is -2.37. The second-order valence-corrected chi connectivity index (χ2v) is 9.83. The molecule has 0 saturated carbocycles. The SMILES string of the molecule is [2H]C([2H])([2H])C1=NC2OC3=C(C4NCC=C5S[C@H](C)C(C)[C@@H]54)CCC[C@H]3C2CC1. The van der Waals surface area contributed by atoms with Gasteiger partial charge in [0, 0.05) is 45.4 Å². The summed E-state index contributed by atoms with van der Waals surface area (Å²) >= 11 is 2.05. The monoisotopic (exact) mass is 361 g/mol. The number of hydrogen-bond donors (Lipinski definition) is 1. The summed E-state index contributed by atoms with van der Waals surface area (Å²) in [5.41, 5.74) is 1.80. The Bertz CT molecular complexity index is 759. The minimum Gasteiger partial charge on any atom is -0.472 e. The summed E-state index contributed by atoms with van der Waals surface area (Å²) in [7, 11) is 0. The van der Waals surface area contributed by atoms with Crippen molar-refractivity contribution >= 4 is 17.5 Å². The van der Waals surface area contributed by atoms with Crippen molar-refractivity contribution in [1.29, 1.82) is 0 Å². The molecule has 2 fully saturated rings. The number of hydrogen-bond acceptors (Lipinski definition) is 4. The number of allylic oxidation sites excluding steroid dienone is 1. The van der Waals surface area contributed by atoms with Crippen molar-refractivity contribution in [1.82, 2.24) is 5.32 Å². The molecular formula is C21H30N2OS. The zero-order valence-electron chi connectivity index (χ0n) is 18.1. The number of fused-ring (bicyclic) bond motifs is 4. The van der Waals surface area contributed by atoms with Crippen LogP contribution in [0, 0.1) is 23.7 Å². The van der Waals surface area contributed by atoms with Crippen LogP contribution in [-0.2, 0) is 4.74 Å². The van der Waals surface area contributed by atoms with Gasteiger partial charge in [-0.25, -0.2) is 0 Å². The van der Waals surface area contributed by atoms with E-state index in [9.17, 15) is 0 Å². The first-order chi connectivity index (χ1) is 13.3. The van der Waals surface area contributed by atoms with Gasteiger partial charge >= 0.3 is 0 Å². The average Bonchev–Trinajstić information content (AvgIpc) is 3.18. The Kier molecular flexibility index (Phi) is 3.31. The van der Waals surface area contributed by atoms with Gasteiger partial charge < -0.3 is 10.1 Å². The Morgan fingerprint density at radius 1 is 1.32 bits per heavy atom. The summed E-state index contributed by atoms with van der Waals surface area (Å²) in [6, 6.07) is 0.358. The van der Waals surface area contributed by atoms with Crippen LogP contribution >= 0.6 is 11.8 Å². The third-order valence-electron chi connectivity index (χ3n) is 7.08. The van der Waals surface area contributed by atoms with E-state index in [2.05, 4.69) is 30.2 Å². The van der Waals surface area contributed by atoms with E-state index in [4.69, 9.17) is 8.85 Å². The zero-order chi connectivity index (χ0) is 19.6. The van der Waals surface area contributed by atoms with Crippen molar-refractivity contribution in [3.8, 4) is 0 Å². The van der Waals surface area contributed by atoms with Crippen molar-refractivity contribution in [2.75, 3.05) is 6.54 Å². The Hall–Kier alpha value is -0.740. The molecule has 5 aliphatic rings. The highest BCUT2D eigenvalue weighted by atomic mass is 32.2. The Morgan fingerprint density at radius 2 is 2.24 bits per heavy atom. The first-order valence-electron chi connectivity index (χ1n) is 11.4. The number of ether oxygens (including phenoxy) is 1. The summed E-state index contributed by atoms with van der Waals surface area (Å²) in [6.07, 6.45) is 7.01. The third-order valence-corrected chi connectivity index (χ3v) is 8.59. The molecule has 1 aliphatic carbocycles. The molecule has 7 atom stereocenters. The minimum atomic E-state index is -2.09. The van der Waals surface area contributed by atoms with Crippen LogP contribution < -0.4 is 5.32 Å². The summed E-state index contributed by atoms with van der Waals surface area (Å²) in [5, 5.41) is 4.44. The molecule has 5 rings (SSSR count).